The van der Waals surface area contributed by atoms with Crippen LogP contribution in [0.15, 0.2) is 40.3 Å². The van der Waals surface area contributed by atoms with Crippen molar-refractivity contribution in [2.24, 2.45) is 9.98 Å². The first kappa shape index (κ1) is 14.8. The van der Waals surface area contributed by atoms with Crippen molar-refractivity contribution in [1.82, 2.24) is 0 Å². The molecule has 122 valence electrons. The Morgan fingerprint density at radius 3 is 2.12 bits per heavy atom. The number of rotatable bonds is 2. The van der Waals surface area contributed by atoms with Crippen molar-refractivity contribution in [2.75, 3.05) is 5.73 Å². The number of hydrogen-bond donors (Lipinski definition) is 3. The number of aromatic hydroxyl groups is 2. The SMILES string of the molecule is CCC1(CC)N=c2cc(N)c3c(O)c4ccccc4c(O)c3c2=N1. The van der Waals surface area contributed by atoms with Crippen molar-refractivity contribution in [3.8, 4) is 11.5 Å². The van der Waals surface area contributed by atoms with E-state index in [1.807, 2.05) is 26.0 Å². The molecule has 0 radical (unpaired) electrons. The molecule has 0 aromatic heterocycles. The summed E-state index contributed by atoms with van der Waals surface area (Å²) in [7, 11) is 0. The molecule has 1 heterocycles. The number of anilines is 1. The minimum absolute atomic E-state index is 0.0689. The maximum absolute atomic E-state index is 10.9. The van der Waals surface area contributed by atoms with Gasteiger partial charge in [0.05, 0.1) is 21.5 Å². The van der Waals surface area contributed by atoms with Crippen LogP contribution in [-0.4, -0.2) is 15.9 Å². The molecule has 0 saturated heterocycles. The molecule has 0 atom stereocenters. The van der Waals surface area contributed by atoms with Gasteiger partial charge in [-0.1, -0.05) is 38.1 Å². The van der Waals surface area contributed by atoms with Crippen molar-refractivity contribution in [3.05, 3.63) is 41.0 Å². The molecular formula is C19H19N3O2. The van der Waals surface area contributed by atoms with Crippen molar-refractivity contribution >= 4 is 27.2 Å². The number of hydrogen-bond acceptors (Lipinski definition) is 5. The van der Waals surface area contributed by atoms with Gasteiger partial charge in [0.1, 0.15) is 11.5 Å². The second-order valence-electron chi connectivity index (χ2n) is 6.24. The van der Waals surface area contributed by atoms with Crippen LogP contribution in [0.25, 0.3) is 21.5 Å². The molecule has 0 spiro atoms. The van der Waals surface area contributed by atoms with Crippen LogP contribution in [0.1, 0.15) is 26.7 Å². The fourth-order valence-electron chi connectivity index (χ4n) is 3.55. The number of benzene rings is 3. The minimum atomic E-state index is -0.517. The van der Waals surface area contributed by atoms with E-state index in [0.717, 1.165) is 12.8 Å². The van der Waals surface area contributed by atoms with Crippen molar-refractivity contribution < 1.29 is 10.2 Å². The Kier molecular flexibility index (Phi) is 2.97. The van der Waals surface area contributed by atoms with Gasteiger partial charge >= 0.3 is 0 Å². The standard InChI is InChI=1S/C19H19N3O2/c1-3-19(4-2)21-13-9-12(20)14-15(16(13)22-19)18(24)11-8-6-5-7-10(11)17(14)23/h5-9,23-24H,3-4,20H2,1-2H3. The highest BCUT2D eigenvalue weighted by Crippen LogP contribution is 2.42. The molecule has 0 unspecified atom stereocenters. The van der Waals surface area contributed by atoms with Gasteiger partial charge in [-0.3, -0.25) is 9.98 Å². The first-order chi connectivity index (χ1) is 11.5. The van der Waals surface area contributed by atoms with Gasteiger partial charge in [-0.05, 0) is 18.9 Å². The molecule has 5 heteroatoms. The van der Waals surface area contributed by atoms with Crippen LogP contribution in [-0.2, 0) is 0 Å². The Morgan fingerprint density at radius 2 is 1.54 bits per heavy atom. The largest absolute Gasteiger partial charge is 0.507 e. The predicted octanol–water partition coefficient (Wildman–Crippen LogP) is 2.76. The second-order valence-corrected chi connectivity index (χ2v) is 6.24. The van der Waals surface area contributed by atoms with Gasteiger partial charge in [0.2, 0.25) is 0 Å². The molecule has 0 amide bonds. The van der Waals surface area contributed by atoms with Gasteiger partial charge in [-0.25, -0.2) is 0 Å². The van der Waals surface area contributed by atoms with Gasteiger partial charge in [0, 0.05) is 16.5 Å². The van der Waals surface area contributed by atoms with E-state index in [4.69, 9.17) is 15.7 Å². The second kappa shape index (κ2) is 4.84. The summed E-state index contributed by atoms with van der Waals surface area (Å²) in [6.07, 6.45) is 1.53. The van der Waals surface area contributed by atoms with E-state index in [2.05, 4.69) is 0 Å². The minimum Gasteiger partial charge on any atom is -0.507 e. The first-order valence-corrected chi connectivity index (χ1v) is 8.16. The highest BCUT2D eigenvalue weighted by atomic mass is 16.3. The molecular weight excluding hydrogens is 302 g/mol. The third-order valence-corrected chi connectivity index (χ3v) is 5.00. The van der Waals surface area contributed by atoms with Crippen molar-refractivity contribution in [3.63, 3.8) is 0 Å². The molecule has 0 saturated carbocycles. The first-order valence-electron chi connectivity index (χ1n) is 8.16. The Hall–Kier alpha value is -2.82. The van der Waals surface area contributed by atoms with Crippen LogP contribution in [0.5, 0.6) is 11.5 Å². The number of fused-ring (bicyclic) bond motifs is 4. The van der Waals surface area contributed by atoms with Crippen LogP contribution in [0, 0.1) is 0 Å². The van der Waals surface area contributed by atoms with Crippen LogP contribution >= 0.6 is 0 Å². The van der Waals surface area contributed by atoms with Gasteiger partial charge in [0.15, 0.2) is 5.66 Å². The van der Waals surface area contributed by atoms with Gasteiger partial charge in [-0.15, -0.1) is 0 Å². The molecule has 24 heavy (non-hydrogen) atoms. The topological polar surface area (TPSA) is 91.2 Å². The Labute approximate surface area is 138 Å². The lowest BCUT2D eigenvalue weighted by Gasteiger charge is -2.18. The maximum Gasteiger partial charge on any atom is 0.151 e. The quantitative estimate of drug-likeness (QED) is 0.385. The number of nitrogens with zero attached hydrogens (tertiary/aromatic N) is 2. The van der Waals surface area contributed by atoms with Crippen molar-refractivity contribution in [2.45, 2.75) is 32.4 Å². The lowest BCUT2D eigenvalue weighted by molar-refractivity contribution is 0.416. The van der Waals surface area contributed by atoms with Crippen LogP contribution in [0.3, 0.4) is 0 Å². The molecule has 5 nitrogen and oxygen atoms in total. The summed E-state index contributed by atoms with van der Waals surface area (Å²) in [5.41, 5.74) is 6.06. The van der Waals surface area contributed by atoms with E-state index >= 15 is 0 Å². The zero-order chi connectivity index (χ0) is 17.1. The molecule has 4 rings (SSSR count). The summed E-state index contributed by atoms with van der Waals surface area (Å²) in [6, 6.07) is 8.92. The van der Waals surface area contributed by atoms with Crippen molar-refractivity contribution in [1.29, 1.82) is 0 Å². The molecule has 0 aliphatic carbocycles. The summed E-state index contributed by atoms with van der Waals surface area (Å²) in [4.78, 5) is 9.55. The number of phenols is 2. The predicted molar refractivity (Wildman–Crippen MR) is 94.8 cm³/mol. The highest BCUT2D eigenvalue weighted by molar-refractivity contribution is 6.14. The van der Waals surface area contributed by atoms with Gasteiger partial charge in [-0.2, -0.15) is 0 Å². The summed E-state index contributed by atoms with van der Waals surface area (Å²) < 4.78 is 0. The third kappa shape index (κ3) is 1.75. The third-order valence-electron chi connectivity index (χ3n) is 5.00. The lowest BCUT2D eigenvalue weighted by atomic mass is 9.99. The zero-order valence-electron chi connectivity index (χ0n) is 13.7. The van der Waals surface area contributed by atoms with E-state index in [1.165, 1.54) is 0 Å². The summed E-state index contributed by atoms with van der Waals surface area (Å²) in [5, 5.41) is 25.0. The average Bonchev–Trinajstić information content (AvgIpc) is 2.97. The molecule has 0 bridgehead atoms. The van der Waals surface area contributed by atoms with E-state index in [-0.39, 0.29) is 11.5 Å². The average molecular weight is 321 g/mol. The van der Waals surface area contributed by atoms with E-state index in [1.54, 1.807) is 18.2 Å². The van der Waals surface area contributed by atoms with Gasteiger partial charge in [0.25, 0.3) is 0 Å². The zero-order valence-corrected chi connectivity index (χ0v) is 13.7. The molecule has 0 fully saturated rings. The Balaban J connectivity index is 2.30. The fourth-order valence-corrected chi connectivity index (χ4v) is 3.55. The smallest absolute Gasteiger partial charge is 0.151 e. The fraction of sp³-hybridized carbons (Fsp3) is 0.263. The Morgan fingerprint density at radius 1 is 0.958 bits per heavy atom. The molecule has 1 aliphatic rings. The van der Waals surface area contributed by atoms with Gasteiger partial charge < -0.3 is 15.9 Å². The summed E-state index contributed by atoms with van der Waals surface area (Å²) >= 11 is 0. The maximum atomic E-state index is 10.9. The Bertz CT molecular complexity index is 1120. The summed E-state index contributed by atoms with van der Waals surface area (Å²) in [6.45, 7) is 4.08. The summed E-state index contributed by atoms with van der Waals surface area (Å²) in [5.74, 6) is 0.156. The molecule has 3 aromatic rings. The lowest BCUT2D eigenvalue weighted by Crippen LogP contribution is -2.23. The highest BCUT2D eigenvalue weighted by Gasteiger charge is 2.29. The molecule has 1 aliphatic heterocycles. The monoisotopic (exact) mass is 321 g/mol. The number of nitrogen functional groups attached to an aromatic ring is 1. The van der Waals surface area contributed by atoms with E-state index in [0.29, 0.717) is 37.9 Å². The van der Waals surface area contributed by atoms with E-state index in [9.17, 15) is 10.2 Å². The number of nitrogens with two attached hydrogens (primary N) is 1. The van der Waals surface area contributed by atoms with Crippen LogP contribution in [0.2, 0.25) is 0 Å². The molecule has 3 aromatic carbocycles. The molecule has 4 N–H and O–H groups in total. The van der Waals surface area contributed by atoms with E-state index < -0.39 is 5.66 Å². The van der Waals surface area contributed by atoms with Crippen LogP contribution < -0.4 is 16.4 Å². The normalized spacial score (nSPS) is 15.2. The van der Waals surface area contributed by atoms with Crippen LogP contribution in [0.4, 0.5) is 5.69 Å². The number of phenolic OH excluding ortho intramolecular Hbond substituents is 2.